The van der Waals surface area contributed by atoms with Crippen LogP contribution >= 0.6 is 11.6 Å². The topological polar surface area (TPSA) is 79.9 Å². The van der Waals surface area contributed by atoms with Crippen LogP contribution in [0.3, 0.4) is 0 Å². The second-order valence-electron chi connectivity index (χ2n) is 7.02. The lowest BCUT2D eigenvalue weighted by molar-refractivity contribution is -0.133. The molecule has 0 spiro atoms. The van der Waals surface area contributed by atoms with E-state index in [1.165, 1.54) is 0 Å². The molecule has 0 aromatic heterocycles. The lowest BCUT2D eigenvalue weighted by Crippen LogP contribution is -2.52. The van der Waals surface area contributed by atoms with Crippen molar-refractivity contribution in [2.24, 2.45) is 0 Å². The highest BCUT2D eigenvalue weighted by Crippen LogP contribution is 2.28. The van der Waals surface area contributed by atoms with Crippen molar-refractivity contribution in [2.75, 3.05) is 25.0 Å². The van der Waals surface area contributed by atoms with Crippen molar-refractivity contribution >= 4 is 29.1 Å². The zero-order chi connectivity index (χ0) is 20.2. The molecule has 4 rings (SSSR count). The number of anilines is 1. The van der Waals surface area contributed by atoms with Gasteiger partial charge in [0.05, 0.1) is 12.2 Å². The number of benzene rings is 2. The number of amides is 2. The Morgan fingerprint density at radius 2 is 1.90 bits per heavy atom. The minimum atomic E-state index is -0.889. The number of carbonyl (C=O) groups is 2. The van der Waals surface area contributed by atoms with Gasteiger partial charge in [-0.1, -0.05) is 23.7 Å². The summed E-state index contributed by atoms with van der Waals surface area (Å²) in [7, 11) is 0. The first kappa shape index (κ1) is 19.5. The predicted molar refractivity (Wildman–Crippen MR) is 109 cm³/mol. The van der Waals surface area contributed by atoms with Crippen LogP contribution < -0.4 is 20.1 Å². The highest BCUT2D eigenvalue weighted by molar-refractivity contribution is 6.30. The van der Waals surface area contributed by atoms with E-state index >= 15 is 0 Å². The van der Waals surface area contributed by atoms with Crippen LogP contribution in [0.4, 0.5) is 5.69 Å². The van der Waals surface area contributed by atoms with E-state index in [4.69, 9.17) is 21.1 Å². The van der Waals surface area contributed by atoms with E-state index in [1.54, 1.807) is 29.2 Å². The van der Waals surface area contributed by atoms with Gasteiger partial charge in [-0.05, 0) is 36.4 Å². The third-order valence-electron chi connectivity index (χ3n) is 4.98. The summed E-state index contributed by atoms with van der Waals surface area (Å²) in [6.45, 7) is 1.25. The van der Waals surface area contributed by atoms with Crippen LogP contribution in [-0.2, 0) is 9.59 Å². The van der Waals surface area contributed by atoms with Gasteiger partial charge in [-0.15, -0.1) is 0 Å². The highest BCUT2D eigenvalue weighted by atomic mass is 35.5. The summed E-state index contributed by atoms with van der Waals surface area (Å²) in [5.41, 5.74) is 0.629. The molecule has 2 heterocycles. The van der Waals surface area contributed by atoms with Crippen LogP contribution in [0, 0.1) is 0 Å². The van der Waals surface area contributed by atoms with E-state index in [0.29, 0.717) is 29.5 Å². The van der Waals surface area contributed by atoms with E-state index in [9.17, 15) is 9.59 Å². The summed E-state index contributed by atoms with van der Waals surface area (Å²) in [6, 6.07) is 14.5. The normalized spacial score (nSPS) is 19.1. The van der Waals surface area contributed by atoms with Crippen molar-refractivity contribution in [3.8, 4) is 11.5 Å². The first-order valence-electron chi connectivity index (χ1n) is 9.58. The maximum Gasteiger partial charge on any atom is 0.281 e. The summed E-state index contributed by atoms with van der Waals surface area (Å²) in [6.07, 6.45) is 0.682. The Balaban J connectivity index is 1.23. The molecule has 2 N–H and O–H groups in total. The number of nitrogens with one attached hydrogen (secondary N) is 2. The molecular formula is C21H22ClN3O4. The molecule has 7 nitrogen and oxygen atoms in total. The summed E-state index contributed by atoms with van der Waals surface area (Å²) in [5, 5.41) is 6.34. The predicted octanol–water partition coefficient (Wildman–Crippen LogP) is 2.66. The average Bonchev–Trinajstić information content (AvgIpc) is 2.74. The Bertz CT molecular complexity index is 882. The van der Waals surface area contributed by atoms with Crippen molar-refractivity contribution in [3.63, 3.8) is 0 Å². The van der Waals surface area contributed by atoms with Crippen LogP contribution in [0.15, 0.2) is 48.5 Å². The van der Waals surface area contributed by atoms with Crippen molar-refractivity contribution < 1.29 is 19.1 Å². The molecule has 8 heteroatoms. The van der Waals surface area contributed by atoms with Gasteiger partial charge in [0, 0.05) is 31.0 Å². The molecule has 1 unspecified atom stereocenters. The number of para-hydroxylation sites is 2. The fourth-order valence-electron chi connectivity index (χ4n) is 3.41. The Hall–Kier alpha value is -2.77. The molecule has 2 aliphatic heterocycles. The molecule has 0 bridgehead atoms. The molecule has 0 aliphatic carbocycles. The Kier molecular flexibility index (Phi) is 5.87. The smallest absolute Gasteiger partial charge is 0.281 e. The molecule has 2 amide bonds. The Morgan fingerprint density at radius 3 is 2.66 bits per heavy atom. The average molecular weight is 416 g/mol. The zero-order valence-electron chi connectivity index (χ0n) is 15.8. The van der Waals surface area contributed by atoms with Gasteiger partial charge in [0.15, 0.2) is 0 Å². The number of halogens is 1. The van der Waals surface area contributed by atoms with Crippen molar-refractivity contribution in [1.82, 2.24) is 10.2 Å². The molecule has 1 atom stereocenters. The van der Waals surface area contributed by atoms with Crippen LogP contribution in [-0.4, -0.2) is 48.7 Å². The van der Waals surface area contributed by atoms with Crippen molar-refractivity contribution in [3.05, 3.63) is 53.6 Å². The fourth-order valence-corrected chi connectivity index (χ4v) is 3.53. The Labute approximate surface area is 173 Å². The minimum Gasteiger partial charge on any atom is -0.490 e. The summed E-state index contributed by atoms with van der Waals surface area (Å²) in [4.78, 5) is 26.4. The maximum absolute atomic E-state index is 12.5. The largest absolute Gasteiger partial charge is 0.490 e. The van der Waals surface area contributed by atoms with Gasteiger partial charge in [-0.3, -0.25) is 14.9 Å². The Morgan fingerprint density at radius 1 is 1.17 bits per heavy atom. The quantitative estimate of drug-likeness (QED) is 0.784. The third-order valence-corrected chi connectivity index (χ3v) is 5.23. The van der Waals surface area contributed by atoms with Crippen molar-refractivity contribution in [2.45, 2.75) is 25.2 Å². The first-order valence-corrected chi connectivity index (χ1v) is 9.96. The lowest BCUT2D eigenvalue weighted by atomic mass is 10.1. The molecule has 152 valence electrons. The highest BCUT2D eigenvalue weighted by Gasteiger charge is 2.29. The molecule has 1 saturated heterocycles. The lowest BCUT2D eigenvalue weighted by Gasteiger charge is -2.33. The number of nitrogens with zero attached hydrogens (tertiary/aromatic N) is 1. The molecular weight excluding hydrogens is 394 g/mol. The minimum absolute atomic E-state index is 0.0307. The SMILES string of the molecule is O=C1Nc2ccccc2OC1NCC(=O)N1CCC(Oc2ccc(Cl)cc2)CC1. The van der Waals surface area contributed by atoms with E-state index in [1.807, 2.05) is 24.3 Å². The van der Waals surface area contributed by atoms with E-state index in [2.05, 4.69) is 10.6 Å². The number of rotatable bonds is 5. The number of ether oxygens (including phenoxy) is 2. The van der Waals surface area contributed by atoms with Crippen LogP contribution in [0.2, 0.25) is 5.02 Å². The monoisotopic (exact) mass is 415 g/mol. The fraction of sp³-hybridized carbons (Fsp3) is 0.333. The third kappa shape index (κ3) is 4.81. The molecule has 29 heavy (non-hydrogen) atoms. The number of hydrogen-bond acceptors (Lipinski definition) is 5. The molecule has 2 aromatic rings. The molecule has 2 aliphatic rings. The maximum atomic E-state index is 12.5. The summed E-state index contributed by atoms with van der Waals surface area (Å²) < 4.78 is 11.6. The van der Waals surface area contributed by atoms with Gasteiger partial charge in [0.1, 0.15) is 17.6 Å². The standard InChI is InChI=1S/C21H22ClN3O4/c22-14-5-7-15(8-6-14)28-16-9-11-25(12-10-16)19(26)13-23-21-20(27)24-17-3-1-2-4-18(17)29-21/h1-8,16,21,23H,9-13H2,(H,24,27). The summed E-state index contributed by atoms with van der Waals surface area (Å²) in [5.74, 6) is 0.982. The van der Waals surface area contributed by atoms with E-state index in [-0.39, 0.29) is 24.5 Å². The first-order chi connectivity index (χ1) is 14.1. The molecule has 2 aromatic carbocycles. The zero-order valence-corrected chi connectivity index (χ0v) is 16.5. The van der Waals surface area contributed by atoms with Gasteiger partial charge < -0.3 is 19.7 Å². The van der Waals surface area contributed by atoms with E-state index < -0.39 is 6.23 Å². The van der Waals surface area contributed by atoms with Gasteiger partial charge in [-0.2, -0.15) is 0 Å². The van der Waals surface area contributed by atoms with E-state index in [0.717, 1.165) is 18.6 Å². The second kappa shape index (κ2) is 8.71. The molecule has 0 radical (unpaired) electrons. The number of piperidine rings is 1. The summed E-state index contributed by atoms with van der Waals surface area (Å²) >= 11 is 5.89. The number of likely N-dealkylation sites (tertiary alicyclic amines) is 1. The van der Waals surface area contributed by atoms with Crippen LogP contribution in [0.1, 0.15) is 12.8 Å². The molecule has 1 fully saturated rings. The van der Waals surface area contributed by atoms with Gasteiger partial charge in [0.25, 0.3) is 5.91 Å². The van der Waals surface area contributed by atoms with Gasteiger partial charge in [0.2, 0.25) is 12.1 Å². The van der Waals surface area contributed by atoms with Crippen LogP contribution in [0.5, 0.6) is 11.5 Å². The second-order valence-corrected chi connectivity index (χ2v) is 7.45. The van der Waals surface area contributed by atoms with Crippen molar-refractivity contribution in [1.29, 1.82) is 0 Å². The van der Waals surface area contributed by atoms with Gasteiger partial charge >= 0.3 is 0 Å². The van der Waals surface area contributed by atoms with Gasteiger partial charge in [-0.25, -0.2) is 0 Å². The number of hydrogen-bond donors (Lipinski definition) is 2. The van der Waals surface area contributed by atoms with Crippen LogP contribution in [0.25, 0.3) is 0 Å². The molecule has 0 saturated carbocycles. The number of fused-ring (bicyclic) bond motifs is 1. The number of carbonyl (C=O) groups excluding carboxylic acids is 2.